The van der Waals surface area contributed by atoms with Crippen molar-refractivity contribution in [2.24, 2.45) is 5.73 Å². The SMILES string of the molecule is NCC(=O)NC(=S)NC(=O)c1ccccc1. The van der Waals surface area contributed by atoms with Gasteiger partial charge >= 0.3 is 0 Å². The molecule has 1 aromatic carbocycles. The molecule has 0 aliphatic heterocycles. The zero-order valence-electron chi connectivity index (χ0n) is 8.40. The van der Waals surface area contributed by atoms with Crippen LogP contribution in [0.5, 0.6) is 0 Å². The molecular weight excluding hydrogens is 226 g/mol. The number of carbonyl (C=O) groups excluding carboxylic acids is 2. The fourth-order valence-electron chi connectivity index (χ4n) is 0.974. The molecular formula is C10H11N3O2S. The Balaban J connectivity index is 2.52. The van der Waals surface area contributed by atoms with E-state index in [0.29, 0.717) is 5.56 Å². The number of carbonyl (C=O) groups is 2. The van der Waals surface area contributed by atoms with Gasteiger partial charge in [-0.05, 0) is 24.4 Å². The summed E-state index contributed by atoms with van der Waals surface area (Å²) in [5, 5.41) is 4.58. The number of nitrogens with two attached hydrogens (primary N) is 1. The van der Waals surface area contributed by atoms with Gasteiger partial charge in [0.05, 0.1) is 6.54 Å². The highest BCUT2D eigenvalue weighted by molar-refractivity contribution is 7.80. The number of hydrogen-bond donors (Lipinski definition) is 3. The van der Waals surface area contributed by atoms with Gasteiger partial charge in [0, 0.05) is 5.56 Å². The van der Waals surface area contributed by atoms with Crippen molar-refractivity contribution in [1.29, 1.82) is 0 Å². The zero-order chi connectivity index (χ0) is 12.0. The molecule has 1 aromatic rings. The van der Waals surface area contributed by atoms with Crippen LogP contribution in [-0.2, 0) is 4.79 Å². The van der Waals surface area contributed by atoms with Crippen molar-refractivity contribution < 1.29 is 9.59 Å². The van der Waals surface area contributed by atoms with Crippen LogP contribution in [0.4, 0.5) is 0 Å². The van der Waals surface area contributed by atoms with Gasteiger partial charge in [0.1, 0.15) is 0 Å². The summed E-state index contributed by atoms with van der Waals surface area (Å²) in [6.07, 6.45) is 0. The fraction of sp³-hybridized carbons (Fsp3) is 0.100. The number of amides is 2. The molecule has 1 rings (SSSR count). The Labute approximate surface area is 98.0 Å². The van der Waals surface area contributed by atoms with Gasteiger partial charge in [-0.15, -0.1) is 0 Å². The lowest BCUT2D eigenvalue weighted by Crippen LogP contribution is -2.44. The molecule has 0 spiro atoms. The van der Waals surface area contributed by atoms with Gasteiger partial charge in [-0.2, -0.15) is 0 Å². The minimum Gasteiger partial charge on any atom is -0.322 e. The average molecular weight is 237 g/mol. The molecule has 0 unspecified atom stereocenters. The summed E-state index contributed by atoms with van der Waals surface area (Å²) in [6, 6.07) is 8.55. The number of nitrogens with one attached hydrogen (secondary N) is 2. The number of thiocarbonyl (C=S) groups is 1. The minimum atomic E-state index is -0.446. The summed E-state index contributed by atoms with van der Waals surface area (Å²) in [5.41, 5.74) is 5.54. The van der Waals surface area contributed by atoms with Crippen molar-refractivity contribution in [3.05, 3.63) is 35.9 Å². The summed E-state index contributed by atoms with van der Waals surface area (Å²) in [4.78, 5) is 22.4. The lowest BCUT2D eigenvalue weighted by molar-refractivity contribution is -0.118. The third kappa shape index (κ3) is 3.76. The first-order chi connectivity index (χ1) is 7.63. The number of rotatable bonds is 2. The highest BCUT2D eigenvalue weighted by atomic mass is 32.1. The molecule has 0 atom stereocenters. The molecule has 0 fully saturated rings. The van der Waals surface area contributed by atoms with Crippen LogP contribution in [0.3, 0.4) is 0 Å². The number of benzene rings is 1. The molecule has 0 aliphatic rings. The van der Waals surface area contributed by atoms with Gasteiger partial charge in [0.2, 0.25) is 5.91 Å². The Kier molecular flexibility index (Phi) is 4.56. The smallest absolute Gasteiger partial charge is 0.257 e. The van der Waals surface area contributed by atoms with Crippen molar-refractivity contribution in [2.45, 2.75) is 0 Å². The first-order valence-corrected chi connectivity index (χ1v) is 4.94. The quantitative estimate of drug-likeness (QED) is 0.621. The largest absolute Gasteiger partial charge is 0.322 e. The van der Waals surface area contributed by atoms with Gasteiger partial charge in [0.25, 0.3) is 5.91 Å². The van der Waals surface area contributed by atoms with E-state index in [1.165, 1.54) is 0 Å². The van der Waals surface area contributed by atoms with Crippen molar-refractivity contribution >= 4 is 29.1 Å². The Hall–Kier alpha value is -1.79. The summed E-state index contributed by atoms with van der Waals surface area (Å²) in [7, 11) is 0. The molecule has 6 heteroatoms. The molecule has 2 amide bonds. The van der Waals surface area contributed by atoms with Crippen LogP contribution in [0.25, 0.3) is 0 Å². The molecule has 0 saturated carbocycles. The van der Waals surface area contributed by atoms with Crippen molar-refractivity contribution in [3.8, 4) is 0 Å². The van der Waals surface area contributed by atoms with Gasteiger partial charge < -0.3 is 11.1 Å². The first-order valence-electron chi connectivity index (χ1n) is 4.53. The summed E-state index contributed by atoms with van der Waals surface area (Å²) < 4.78 is 0. The van der Waals surface area contributed by atoms with E-state index in [9.17, 15) is 9.59 Å². The van der Waals surface area contributed by atoms with Crippen LogP contribution >= 0.6 is 12.2 Å². The molecule has 16 heavy (non-hydrogen) atoms. The highest BCUT2D eigenvalue weighted by Crippen LogP contribution is 1.97. The zero-order valence-corrected chi connectivity index (χ0v) is 9.21. The Morgan fingerprint density at radius 1 is 1.19 bits per heavy atom. The molecule has 0 bridgehead atoms. The maximum Gasteiger partial charge on any atom is 0.257 e. The van der Waals surface area contributed by atoms with E-state index in [0.717, 1.165) is 0 Å². The van der Waals surface area contributed by atoms with Crippen LogP contribution in [-0.4, -0.2) is 23.5 Å². The molecule has 0 heterocycles. The predicted molar refractivity (Wildman–Crippen MR) is 63.7 cm³/mol. The van der Waals surface area contributed by atoms with E-state index in [-0.39, 0.29) is 17.6 Å². The third-order valence-corrected chi connectivity index (χ3v) is 1.91. The van der Waals surface area contributed by atoms with Gasteiger partial charge in [-0.3, -0.25) is 14.9 Å². The van der Waals surface area contributed by atoms with E-state index < -0.39 is 5.91 Å². The molecule has 84 valence electrons. The predicted octanol–water partition coefficient (Wildman–Crippen LogP) is -0.224. The van der Waals surface area contributed by atoms with Crippen LogP contribution in [0.1, 0.15) is 10.4 Å². The summed E-state index contributed by atoms with van der Waals surface area (Å²) in [6.45, 7) is -0.179. The van der Waals surface area contributed by atoms with E-state index in [2.05, 4.69) is 10.6 Å². The molecule has 0 saturated heterocycles. The first kappa shape index (κ1) is 12.3. The Bertz CT molecular complexity index is 406. The van der Waals surface area contributed by atoms with Gasteiger partial charge in [-0.25, -0.2) is 0 Å². The topological polar surface area (TPSA) is 84.2 Å². The van der Waals surface area contributed by atoms with E-state index in [1.54, 1.807) is 30.3 Å². The number of hydrogen-bond acceptors (Lipinski definition) is 4. The van der Waals surface area contributed by atoms with E-state index in [4.69, 9.17) is 18.0 Å². The molecule has 0 radical (unpaired) electrons. The Morgan fingerprint density at radius 3 is 2.38 bits per heavy atom. The summed E-state index contributed by atoms with van der Waals surface area (Å²) >= 11 is 4.75. The lowest BCUT2D eigenvalue weighted by atomic mass is 10.2. The molecule has 0 aromatic heterocycles. The third-order valence-electron chi connectivity index (χ3n) is 1.70. The lowest BCUT2D eigenvalue weighted by Gasteiger charge is -2.07. The van der Waals surface area contributed by atoms with Crippen LogP contribution in [0.2, 0.25) is 0 Å². The molecule has 5 nitrogen and oxygen atoms in total. The van der Waals surface area contributed by atoms with E-state index in [1.807, 2.05) is 0 Å². The molecule has 0 aliphatic carbocycles. The van der Waals surface area contributed by atoms with Crippen molar-refractivity contribution in [2.75, 3.05) is 6.54 Å². The van der Waals surface area contributed by atoms with Crippen LogP contribution in [0.15, 0.2) is 30.3 Å². The van der Waals surface area contributed by atoms with Crippen molar-refractivity contribution in [3.63, 3.8) is 0 Å². The summed E-state index contributed by atoms with van der Waals surface area (Å²) in [5.74, 6) is -0.818. The second kappa shape index (κ2) is 5.94. The Morgan fingerprint density at radius 2 is 1.81 bits per heavy atom. The van der Waals surface area contributed by atoms with Crippen LogP contribution < -0.4 is 16.4 Å². The van der Waals surface area contributed by atoms with Gasteiger partial charge in [-0.1, -0.05) is 18.2 Å². The van der Waals surface area contributed by atoms with Crippen LogP contribution in [0, 0.1) is 0 Å². The second-order valence-corrected chi connectivity index (χ2v) is 3.31. The van der Waals surface area contributed by atoms with Crippen molar-refractivity contribution in [1.82, 2.24) is 10.6 Å². The monoisotopic (exact) mass is 237 g/mol. The average Bonchev–Trinajstić information content (AvgIpc) is 2.29. The highest BCUT2D eigenvalue weighted by Gasteiger charge is 2.08. The van der Waals surface area contributed by atoms with E-state index >= 15 is 0 Å². The maximum atomic E-state index is 11.5. The van der Waals surface area contributed by atoms with Gasteiger partial charge in [0.15, 0.2) is 5.11 Å². The standard InChI is InChI=1S/C10H11N3O2S/c11-6-8(14)12-10(16)13-9(15)7-4-2-1-3-5-7/h1-5H,6,11H2,(H2,12,13,14,15,16). The maximum absolute atomic E-state index is 11.5. The normalized spacial score (nSPS) is 9.31. The minimum absolute atomic E-state index is 0.0516. The molecule has 4 N–H and O–H groups in total. The fourth-order valence-corrected chi connectivity index (χ4v) is 1.18. The second-order valence-electron chi connectivity index (χ2n) is 2.90.